The molecular weight excluding hydrogens is 266 g/mol. The SMILES string of the molecule is CCc1nc(Br)cc(N(C)C(C)C2CC2)n1. The predicted molar refractivity (Wildman–Crippen MR) is 69.7 cm³/mol. The van der Waals surface area contributed by atoms with Crippen LogP contribution in [0.1, 0.15) is 32.5 Å². The van der Waals surface area contributed by atoms with Crippen molar-refractivity contribution in [2.45, 2.75) is 39.2 Å². The minimum absolute atomic E-state index is 0.575. The number of aryl methyl sites for hydroxylation is 1. The molecule has 16 heavy (non-hydrogen) atoms. The topological polar surface area (TPSA) is 29.0 Å². The minimum atomic E-state index is 0.575. The molecule has 1 fully saturated rings. The van der Waals surface area contributed by atoms with Gasteiger partial charge in [0.1, 0.15) is 16.2 Å². The first-order chi connectivity index (χ1) is 7.61. The van der Waals surface area contributed by atoms with Crippen molar-refractivity contribution in [3.8, 4) is 0 Å². The first-order valence-electron chi connectivity index (χ1n) is 5.88. The summed E-state index contributed by atoms with van der Waals surface area (Å²) >= 11 is 3.45. The normalized spacial score (nSPS) is 17.2. The van der Waals surface area contributed by atoms with Crippen molar-refractivity contribution in [2.75, 3.05) is 11.9 Å². The second-order valence-corrected chi connectivity index (χ2v) is 5.32. The molecule has 1 heterocycles. The maximum absolute atomic E-state index is 4.57. The highest BCUT2D eigenvalue weighted by atomic mass is 79.9. The van der Waals surface area contributed by atoms with Crippen LogP contribution < -0.4 is 4.90 Å². The fraction of sp³-hybridized carbons (Fsp3) is 0.667. The van der Waals surface area contributed by atoms with Crippen LogP contribution in [0.15, 0.2) is 10.7 Å². The summed E-state index contributed by atoms with van der Waals surface area (Å²) in [5.41, 5.74) is 0. The zero-order valence-electron chi connectivity index (χ0n) is 10.1. The van der Waals surface area contributed by atoms with Crippen molar-refractivity contribution < 1.29 is 0 Å². The second kappa shape index (κ2) is 4.70. The molecule has 0 amide bonds. The van der Waals surface area contributed by atoms with Gasteiger partial charge in [0.05, 0.1) is 0 Å². The van der Waals surface area contributed by atoms with Gasteiger partial charge >= 0.3 is 0 Å². The fourth-order valence-corrected chi connectivity index (χ4v) is 2.30. The number of hydrogen-bond acceptors (Lipinski definition) is 3. The molecule has 0 N–H and O–H groups in total. The molecule has 3 nitrogen and oxygen atoms in total. The van der Waals surface area contributed by atoms with Crippen molar-refractivity contribution in [3.63, 3.8) is 0 Å². The smallest absolute Gasteiger partial charge is 0.133 e. The highest BCUT2D eigenvalue weighted by Gasteiger charge is 2.31. The van der Waals surface area contributed by atoms with Gasteiger partial charge in [0.25, 0.3) is 0 Å². The molecule has 0 radical (unpaired) electrons. The van der Waals surface area contributed by atoms with E-state index in [9.17, 15) is 0 Å². The largest absolute Gasteiger partial charge is 0.357 e. The summed E-state index contributed by atoms with van der Waals surface area (Å²) in [5, 5.41) is 0. The Bertz CT molecular complexity index is 377. The van der Waals surface area contributed by atoms with Gasteiger partial charge < -0.3 is 4.90 Å². The summed E-state index contributed by atoms with van der Waals surface area (Å²) < 4.78 is 0.879. The number of nitrogens with zero attached hydrogens (tertiary/aromatic N) is 3. The molecule has 0 spiro atoms. The monoisotopic (exact) mass is 283 g/mol. The molecule has 0 aliphatic heterocycles. The van der Waals surface area contributed by atoms with E-state index < -0.39 is 0 Å². The number of hydrogen-bond donors (Lipinski definition) is 0. The van der Waals surface area contributed by atoms with Gasteiger partial charge in [0, 0.05) is 25.6 Å². The van der Waals surface area contributed by atoms with Crippen LogP contribution >= 0.6 is 15.9 Å². The van der Waals surface area contributed by atoms with E-state index in [2.05, 4.69) is 51.7 Å². The van der Waals surface area contributed by atoms with Crippen LogP contribution in [0.4, 0.5) is 5.82 Å². The third kappa shape index (κ3) is 2.54. The van der Waals surface area contributed by atoms with Gasteiger partial charge in [-0.15, -0.1) is 0 Å². The fourth-order valence-electron chi connectivity index (χ4n) is 1.89. The number of rotatable bonds is 4. The van der Waals surface area contributed by atoms with E-state index in [1.807, 2.05) is 6.07 Å². The average molecular weight is 284 g/mol. The Morgan fingerprint density at radius 3 is 2.75 bits per heavy atom. The lowest BCUT2D eigenvalue weighted by Crippen LogP contribution is -2.31. The van der Waals surface area contributed by atoms with Gasteiger partial charge in [-0.05, 0) is 41.6 Å². The summed E-state index contributed by atoms with van der Waals surface area (Å²) in [7, 11) is 2.12. The summed E-state index contributed by atoms with van der Waals surface area (Å²) in [4.78, 5) is 11.2. The maximum Gasteiger partial charge on any atom is 0.133 e. The van der Waals surface area contributed by atoms with Crippen LogP contribution in [0.5, 0.6) is 0 Å². The molecule has 1 atom stereocenters. The van der Waals surface area contributed by atoms with E-state index in [4.69, 9.17) is 0 Å². The molecule has 0 aromatic carbocycles. The van der Waals surface area contributed by atoms with E-state index in [1.165, 1.54) is 12.8 Å². The molecular formula is C12H18BrN3. The Morgan fingerprint density at radius 2 is 2.19 bits per heavy atom. The highest BCUT2D eigenvalue weighted by molar-refractivity contribution is 9.10. The molecule has 1 saturated carbocycles. The average Bonchev–Trinajstić information content (AvgIpc) is 3.10. The molecule has 1 aliphatic rings. The lowest BCUT2D eigenvalue weighted by Gasteiger charge is -2.26. The molecule has 4 heteroatoms. The Labute approximate surface area is 105 Å². The quantitative estimate of drug-likeness (QED) is 0.796. The van der Waals surface area contributed by atoms with E-state index in [0.29, 0.717) is 6.04 Å². The molecule has 1 aromatic rings. The van der Waals surface area contributed by atoms with E-state index in [1.54, 1.807) is 0 Å². The van der Waals surface area contributed by atoms with Crippen LogP contribution in [-0.2, 0) is 6.42 Å². The van der Waals surface area contributed by atoms with Crippen molar-refractivity contribution >= 4 is 21.7 Å². The first-order valence-corrected chi connectivity index (χ1v) is 6.67. The third-order valence-electron chi connectivity index (χ3n) is 3.32. The van der Waals surface area contributed by atoms with Gasteiger partial charge in [0.2, 0.25) is 0 Å². The van der Waals surface area contributed by atoms with Gasteiger partial charge in [0.15, 0.2) is 0 Å². The van der Waals surface area contributed by atoms with E-state index in [0.717, 1.165) is 28.6 Å². The molecule has 0 bridgehead atoms. The van der Waals surface area contributed by atoms with Gasteiger partial charge in [-0.2, -0.15) is 0 Å². The summed E-state index contributed by atoms with van der Waals surface area (Å²) in [6.07, 6.45) is 3.59. The van der Waals surface area contributed by atoms with Gasteiger partial charge in [-0.3, -0.25) is 0 Å². The van der Waals surface area contributed by atoms with Crippen LogP contribution in [-0.4, -0.2) is 23.1 Å². The molecule has 1 aliphatic carbocycles. The first kappa shape index (κ1) is 11.8. The van der Waals surface area contributed by atoms with E-state index >= 15 is 0 Å². The lowest BCUT2D eigenvalue weighted by molar-refractivity contribution is 0.601. The number of aromatic nitrogens is 2. The minimum Gasteiger partial charge on any atom is -0.357 e. The standard InChI is InChI=1S/C12H18BrN3/c1-4-11-14-10(13)7-12(15-11)16(3)8(2)9-5-6-9/h7-9H,4-6H2,1-3H3. The Balaban J connectivity index is 2.20. The summed E-state index contributed by atoms with van der Waals surface area (Å²) in [6.45, 7) is 4.36. The van der Waals surface area contributed by atoms with Crippen LogP contribution in [0.2, 0.25) is 0 Å². The van der Waals surface area contributed by atoms with Crippen LogP contribution in [0.3, 0.4) is 0 Å². The third-order valence-corrected chi connectivity index (χ3v) is 3.73. The van der Waals surface area contributed by atoms with E-state index in [-0.39, 0.29) is 0 Å². The van der Waals surface area contributed by atoms with Crippen molar-refractivity contribution in [3.05, 3.63) is 16.5 Å². The molecule has 0 saturated heterocycles. The number of halogens is 1. The van der Waals surface area contributed by atoms with Gasteiger partial charge in [-0.25, -0.2) is 9.97 Å². The Kier molecular flexibility index (Phi) is 3.47. The Morgan fingerprint density at radius 1 is 1.50 bits per heavy atom. The van der Waals surface area contributed by atoms with Gasteiger partial charge in [-0.1, -0.05) is 6.92 Å². The van der Waals surface area contributed by atoms with Crippen LogP contribution in [0.25, 0.3) is 0 Å². The highest BCUT2D eigenvalue weighted by Crippen LogP contribution is 2.36. The zero-order valence-corrected chi connectivity index (χ0v) is 11.7. The number of anilines is 1. The van der Waals surface area contributed by atoms with Crippen molar-refractivity contribution in [1.82, 2.24) is 9.97 Å². The molecule has 2 rings (SSSR count). The zero-order chi connectivity index (χ0) is 11.7. The molecule has 1 aromatic heterocycles. The predicted octanol–water partition coefficient (Wildman–Crippen LogP) is 3.04. The molecule has 88 valence electrons. The second-order valence-electron chi connectivity index (χ2n) is 4.51. The van der Waals surface area contributed by atoms with Crippen molar-refractivity contribution in [1.29, 1.82) is 0 Å². The van der Waals surface area contributed by atoms with Crippen molar-refractivity contribution in [2.24, 2.45) is 5.92 Å². The lowest BCUT2D eigenvalue weighted by atomic mass is 10.2. The summed E-state index contributed by atoms with van der Waals surface area (Å²) in [5.74, 6) is 2.78. The Hall–Kier alpha value is -0.640. The van der Waals surface area contributed by atoms with Crippen LogP contribution in [0, 0.1) is 5.92 Å². The maximum atomic E-state index is 4.57. The summed E-state index contributed by atoms with van der Waals surface area (Å²) in [6, 6.07) is 2.57. The molecule has 1 unspecified atom stereocenters.